The van der Waals surface area contributed by atoms with Crippen molar-refractivity contribution >= 4 is 16.3 Å². The third-order valence-corrected chi connectivity index (χ3v) is 5.47. The van der Waals surface area contributed by atoms with Crippen molar-refractivity contribution in [2.24, 2.45) is 0 Å². The fraction of sp³-hybridized carbons (Fsp3) is 0.350. The number of benzene rings is 2. The number of ether oxygens (including phenoxy) is 1. The summed E-state index contributed by atoms with van der Waals surface area (Å²) in [5, 5.41) is 0. The molecule has 1 amide bonds. The summed E-state index contributed by atoms with van der Waals surface area (Å²) in [5.74, 6) is 0.761. The molecule has 0 radical (unpaired) electrons. The van der Waals surface area contributed by atoms with Crippen molar-refractivity contribution in [3.8, 4) is 16.9 Å². The molecule has 1 unspecified atom stereocenters. The van der Waals surface area contributed by atoms with E-state index in [2.05, 4.69) is 4.72 Å². The van der Waals surface area contributed by atoms with Gasteiger partial charge in [-0.25, -0.2) is 0 Å². The van der Waals surface area contributed by atoms with Gasteiger partial charge in [0, 0.05) is 24.2 Å². The Morgan fingerprint density at radius 3 is 2.37 bits per heavy atom. The zero-order valence-corrected chi connectivity index (χ0v) is 16.3. The lowest BCUT2D eigenvalue weighted by Crippen LogP contribution is -2.47. The van der Waals surface area contributed by atoms with Gasteiger partial charge in [0.25, 0.3) is 5.91 Å². The van der Waals surface area contributed by atoms with Crippen LogP contribution in [-0.4, -0.2) is 47.9 Å². The zero-order chi connectivity index (χ0) is 19.4. The van der Waals surface area contributed by atoms with E-state index in [1.807, 2.05) is 48.5 Å². The molecule has 1 aliphatic rings. The van der Waals surface area contributed by atoms with Gasteiger partial charge in [-0.3, -0.25) is 4.79 Å². The highest BCUT2D eigenvalue weighted by Crippen LogP contribution is 2.29. The van der Waals surface area contributed by atoms with E-state index in [4.69, 9.17) is 4.74 Å². The van der Waals surface area contributed by atoms with Gasteiger partial charge in [0.05, 0.1) is 13.2 Å². The molecule has 3 rings (SSSR count). The number of nitrogens with one attached hydrogen (secondary N) is 1. The zero-order valence-electron chi connectivity index (χ0n) is 15.5. The first kappa shape index (κ1) is 19.5. The van der Waals surface area contributed by atoms with E-state index in [0.717, 1.165) is 23.1 Å². The molecule has 1 fully saturated rings. The Labute approximate surface area is 160 Å². The average Bonchev–Trinajstić information content (AvgIpc) is 2.67. The first-order valence-electron chi connectivity index (χ1n) is 8.87. The summed E-state index contributed by atoms with van der Waals surface area (Å²) < 4.78 is 30.7. The minimum Gasteiger partial charge on any atom is -0.598 e. The number of likely N-dealkylation sites (tertiary alicyclic amines) is 1. The minimum atomic E-state index is -3.21. The number of amides is 1. The molecule has 27 heavy (non-hydrogen) atoms. The van der Waals surface area contributed by atoms with Gasteiger partial charge in [0.1, 0.15) is 22.4 Å². The quantitative estimate of drug-likeness (QED) is 0.799. The van der Waals surface area contributed by atoms with Crippen LogP contribution in [-0.2, 0) is 14.6 Å². The number of para-hydroxylation sites is 1. The fourth-order valence-corrected chi connectivity index (χ4v) is 4.20. The van der Waals surface area contributed by atoms with Crippen molar-refractivity contribution in [2.75, 3.05) is 26.5 Å². The second-order valence-corrected chi connectivity index (χ2v) is 8.51. The Bertz CT molecular complexity index is 839. The van der Waals surface area contributed by atoms with E-state index in [1.165, 1.54) is 0 Å². The van der Waals surface area contributed by atoms with Crippen LogP contribution in [0.1, 0.15) is 23.2 Å². The van der Waals surface area contributed by atoms with Crippen LogP contribution < -0.4 is 9.46 Å². The average molecular weight is 388 g/mol. The predicted octanol–water partition coefficient (Wildman–Crippen LogP) is 2.73. The van der Waals surface area contributed by atoms with E-state index < -0.39 is 10.4 Å². The number of carbonyl (C=O) groups excluding carboxylic acids is 1. The number of hydrogen-bond acceptors (Lipinski definition) is 4. The third kappa shape index (κ3) is 4.94. The molecule has 1 atom stereocenters. The van der Waals surface area contributed by atoms with Gasteiger partial charge in [-0.2, -0.15) is 0 Å². The lowest BCUT2D eigenvalue weighted by atomic mass is 10.0. The number of piperidine rings is 1. The molecular weight excluding hydrogens is 364 g/mol. The van der Waals surface area contributed by atoms with Crippen LogP contribution >= 0.6 is 0 Å². The molecule has 1 aliphatic heterocycles. The van der Waals surface area contributed by atoms with Crippen LogP contribution in [0.2, 0.25) is 0 Å². The maximum absolute atomic E-state index is 12.7. The van der Waals surface area contributed by atoms with Crippen LogP contribution in [0, 0.1) is 0 Å². The molecule has 0 aliphatic carbocycles. The van der Waals surface area contributed by atoms with Gasteiger partial charge < -0.3 is 14.2 Å². The highest BCUT2D eigenvalue weighted by Gasteiger charge is 2.26. The SMILES string of the molecule is COc1ccccc1-c1ccc(C(=O)N2CCC(N[S+](C)(=O)[O-])CC2)cc1. The Hall–Kier alpha value is -2.22. The van der Waals surface area contributed by atoms with Crippen molar-refractivity contribution in [3.05, 3.63) is 54.1 Å². The topological polar surface area (TPSA) is 81.7 Å². The van der Waals surface area contributed by atoms with Gasteiger partial charge in [0.15, 0.2) is 0 Å². The molecule has 1 saturated heterocycles. The van der Waals surface area contributed by atoms with Crippen LogP contribution in [0.25, 0.3) is 11.1 Å². The van der Waals surface area contributed by atoms with Crippen LogP contribution in [0.3, 0.4) is 0 Å². The van der Waals surface area contributed by atoms with Gasteiger partial charge >= 0.3 is 0 Å². The maximum Gasteiger partial charge on any atom is 0.253 e. The van der Waals surface area contributed by atoms with Gasteiger partial charge in [0.2, 0.25) is 0 Å². The number of sulfonamides is 1. The Balaban J connectivity index is 1.66. The van der Waals surface area contributed by atoms with Crippen molar-refractivity contribution in [1.82, 2.24) is 9.62 Å². The monoisotopic (exact) mass is 388 g/mol. The molecule has 0 bridgehead atoms. The molecule has 2 aromatic carbocycles. The van der Waals surface area contributed by atoms with E-state index in [1.54, 1.807) is 12.0 Å². The summed E-state index contributed by atoms with van der Waals surface area (Å²) in [5.41, 5.74) is 2.59. The number of nitrogens with zero attached hydrogens (tertiary/aromatic N) is 1. The summed E-state index contributed by atoms with van der Waals surface area (Å²) in [4.78, 5) is 14.5. The second kappa shape index (κ2) is 8.21. The van der Waals surface area contributed by atoms with Crippen LogP contribution in [0.5, 0.6) is 5.75 Å². The third-order valence-electron chi connectivity index (χ3n) is 4.71. The molecule has 2 aromatic rings. The Morgan fingerprint density at radius 1 is 1.15 bits per heavy atom. The van der Waals surface area contributed by atoms with Gasteiger partial charge in [-0.1, -0.05) is 34.5 Å². The fourth-order valence-electron chi connectivity index (χ4n) is 3.36. The lowest BCUT2D eigenvalue weighted by molar-refractivity contribution is 0.0711. The molecule has 0 saturated carbocycles. The highest BCUT2D eigenvalue weighted by atomic mass is 32.3. The molecule has 0 spiro atoms. The molecule has 7 heteroatoms. The summed E-state index contributed by atoms with van der Waals surface area (Å²) in [6.45, 7) is 1.08. The molecule has 0 aromatic heterocycles. The van der Waals surface area contributed by atoms with E-state index >= 15 is 0 Å². The summed E-state index contributed by atoms with van der Waals surface area (Å²) in [6, 6.07) is 15.1. The van der Waals surface area contributed by atoms with Crippen molar-refractivity contribution < 1.29 is 18.3 Å². The number of rotatable bonds is 5. The first-order chi connectivity index (χ1) is 12.9. The van der Waals surface area contributed by atoms with Crippen molar-refractivity contribution in [2.45, 2.75) is 18.9 Å². The van der Waals surface area contributed by atoms with Crippen molar-refractivity contribution in [3.63, 3.8) is 0 Å². The smallest absolute Gasteiger partial charge is 0.253 e. The molecule has 1 N–H and O–H groups in total. The lowest BCUT2D eigenvalue weighted by Gasteiger charge is -2.32. The summed E-state index contributed by atoms with van der Waals surface area (Å²) >= 11 is 0. The van der Waals surface area contributed by atoms with Gasteiger partial charge in [-0.05, 0) is 36.6 Å². The predicted molar refractivity (Wildman–Crippen MR) is 105 cm³/mol. The largest absolute Gasteiger partial charge is 0.598 e. The van der Waals surface area contributed by atoms with E-state index in [0.29, 0.717) is 31.5 Å². The molecule has 6 nitrogen and oxygen atoms in total. The van der Waals surface area contributed by atoms with Crippen LogP contribution in [0.15, 0.2) is 48.5 Å². The second-order valence-electron chi connectivity index (χ2n) is 6.73. The molecule has 144 valence electrons. The number of hydrogen-bond donors (Lipinski definition) is 1. The molecular formula is C20H24N2O4S. The van der Waals surface area contributed by atoms with E-state index in [-0.39, 0.29) is 11.9 Å². The first-order valence-corrected chi connectivity index (χ1v) is 10.8. The van der Waals surface area contributed by atoms with Gasteiger partial charge in [-0.15, -0.1) is 4.72 Å². The Morgan fingerprint density at radius 2 is 1.78 bits per heavy atom. The van der Waals surface area contributed by atoms with E-state index in [9.17, 15) is 13.6 Å². The summed E-state index contributed by atoms with van der Waals surface area (Å²) in [7, 11) is -1.58. The summed E-state index contributed by atoms with van der Waals surface area (Å²) in [6.07, 6.45) is 2.41. The highest BCUT2D eigenvalue weighted by molar-refractivity contribution is 7.95. The maximum atomic E-state index is 12.7. The Kier molecular flexibility index (Phi) is 5.94. The number of carbonyl (C=O) groups is 1. The van der Waals surface area contributed by atoms with Crippen molar-refractivity contribution in [1.29, 1.82) is 0 Å². The standard InChI is InChI=1S/C20H24N2O4S/c1-26-19-6-4-3-5-18(19)15-7-9-16(10-8-15)20(23)22-13-11-17(12-14-22)21-27(2,24)25/h3-10,17H,11-14H2,1-2H3,(H-,21,24,25). The normalized spacial score (nSPS) is 17.4. The van der Waals surface area contributed by atoms with Crippen LogP contribution in [0.4, 0.5) is 0 Å². The minimum absolute atomic E-state index is 0.0283. The number of methoxy groups -OCH3 is 1. The molecule has 1 heterocycles.